The Morgan fingerprint density at radius 1 is 1.15 bits per heavy atom. The van der Waals surface area contributed by atoms with Crippen LogP contribution in [0.15, 0.2) is 47.6 Å². The number of hydrogen-bond acceptors (Lipinski definition) is 2. The summed E-state index contributed by atoms with van der Waals surface area (Å²) >= 11 is 11.7. The summed E-state index contributed by atoms with van der Waals surface area (Å²) in [5, 5.41) is 6.87. The Hall–Kier alpha value is -2.20. The first-order chi connectivity index (χ1) is 9.60. The molecule has 0 aromatic heterocycles. The number of azide groups is 1. The Balaban J connectivity index is 2.16. The van der Waals surface area contributed by atoms with Crippen LogP contribution in [0.25, 0.3) is 10.4 Å². The minimum absolute atomic E-state index is 0.278. The Bertz CT molecular complexity index is 694. The Kier molecular flexibility index (Phi) is 4.48. The van der Waals surface area contributed by atoms with Crippen LogP contribution in [0.4, 0.5) is 11.4 Å². The van der Waals surface area contributed by atoms with Crippen molar-refractivity contribution in [1.82, 2.24) is 0 Å². The van der Waals surface area contributed by atoms with Crippen molar-refractivity contribution >= 4 is 40.5 Å². The van der Waals surface area contributed by atoms with Gasteiger partial charge in [-0.15, -0.1) is 0 Å². The second-order valence-corrected chi connectivity index (χ2v) is 4.66. The van der Waals surface area contributed by atoms with Crippen LogP contribution in [0, 0.1) is 0 Å². The van der Waals surface area contributed by atoms with Gasteiger partial charge in [0, 0.05) is 21.3 Å². The molecule has 0 fully saturated rings. The molecule has 2 rings (SSSR count). The van der Waals surface area contributed by atoms with E-state index < -0.39 is 0 Å². The second-order valence-electron chi connectivity index (χ2n) is 3.81. The van der Waals surface area contributed by atoms with Crippen LogP contribution in [-0.2, 0) is 0 Å². The highest BCUT2D eigenvalue weighted by Gasteiger charge is 2.10. The van der Waals surface area contributed by atoms with Gasteiger partial charge < -0.3 is 5.32 Å². The van der Waals surface area contributed by atoms with Crippen molar-refractivity contribution in [1.29, 1.82) is 0 Å². The number of nitrogens with zero attached hydrogens (tertiary/aromatic N) is 3. The maximum atomic E-state index is 12.0. The first kappa shape index (κ1) is 14.2. The van der Waals surface area contributed by atoms with Crippen LogP contribution in [0.2, 0.25) is 10.0 Å². The van der Waals surface area contributed by atoms with Gasteiger partial charge in [0.2, 0.25) is 0 Å². The molecule has 1 N–H and O–H groups in total. The summed E-state index contributed by atoms with van der Waals surface area (Å²) in [6.07, 6.45) is 0. The van der Waals surface area contributed by atoms with Crippen molar-refractivity contribution < 1.29 is 4.79 Å². The molecule has 0 atom stereocenters. The first-order valence-corrected chi connectivity index (χ1v) is 6.27. The average molecular weight is 307 g/mol. The summed E-state index contributed by atoms with van der Waals surface area (Å²) in [5.41, 5.74) is 9.66. The largest absolute Gasteiger partial charge is 0.322 e. The molecule has 0 heterocycles. The number of amides is 1. The SMILES string of the molecule is [N-]=[N+]=Nc1ccc(NC(=O)c2ccc(Cl)cc2Cl)cc1. The molecule has 7 heteroatoms. The molecular weight excluding hydrogens is 299 g/mol. The number of nitrogens with one attached hydrogen (secondary N) is 1. The molecule has 2 aromatic rings. The lowest BCUT2D eigenvalue weighted by molar-refractivity contribution is 0.102. The van der Waals surface area contributed by atoms with Crippen LogP contribution in [-0.4, -0.2) is 5.91 Å². The van der Waals surface area contributed by atoms with Gasteiger partial charge in [-0.25, -0.2) is 0 Å². The van der Waals surface area contributed by atoms with E-state index in [1.54, 1.807) is 36.4 Å². The van der Waals surface area contributed by atoms with E-state index in [-0.39, 0.29) is 10.9 Å². The lowest BCUT2D eigenvalue weighted by atomic mass is 10.2. The zero-order valence-electron chi connectivity index (χ0n) is 10.0. The molecule has 20 heavy (non-hydrogen) atoms. The van der Waals surface area contributed by atoms with E-state index >= 15 is 0 Å². The Morgan fingerprint density at radius 2 is 1.85 bits per heavy atom. The summed E-state index contributed by atoms with van der Waals surface area (Å²) in [5.74, 6) is -0.344. The molecule has 0 saturated carbocycles. The molecular formula is C13H8Cl2N4O. The molecule has 0 aliphatic carbocycles. The number of benzene rings is 2. The minimum atomic E-state index is -0.344. The van der Waals surface area contributed by atoms with Crippen molar-refractivity contribution in [3.63, 3.8) is 0 Å². The molecule has 0 radical (unpaired) electrons. The van der Waals surface area contributed by atoms with E-state index in [0.717, 1.165) is 0 Å². The molecule has 1 amide bonds. The smallest absolute Gasteiger partial charge is 0.257 e. The highest BCUT2D eigenvalue weighted by atomic mass is 35.5. The fourth-order valence-electron chi connectivity index (χ4n) is 1.54. The van der Waals surface area contributed by atoms with Gasteiger partial charge in [0.05, 0.1) is 10.6 Å². The number of hydrogen-bond donors (Lipinski definition) is 1. The predicted octanol–water partition coefficient (Wildman–Crippen LogP) is 5.19. The number of carbonyl (C=O) groups is 1. The molecule has 100 valence electrons. The third-order valence-electron chi connectivity index (χ3n) is 2.46. The lowest BCUT2D eigenvalue weighted by Crippen LogP contribution is -2.12. The summed E-state index contributed by atoms with van der Waals surface area (Å²) in [6, 6.07) is 11.1. The van der Waals surface area contributed by atoms with Gasteiger partial charge in [0.15, 0.2) is 0 Å². The summed E-state index contributed by atoms with van der Waals surface area (Å²) in [4.78, 5) is 14.7. The van der Waals surface area contributed by atoms with Gasteiger partial charge in [-0.05, 0) is 35.9 Å². The fraction of sp³-hybridized carbons (Fsp3) is 0. The number of halogens is 2. The van der Waals surface area contributed by atoms with Crippen LogP contribution in [0.5, 0.6) is 0 Å². The van der Waals surface area contributed by atoms with Crippen molar-refractivity contribution in [2.24, 2.45) is 5.11 Å². The Morgan fingerprint density at radius 3 is 2.45 bits per heavy atom. The number of rotatable bonds is 3. The third kappa shape index (κ3) is 3.42. The van der Waals surface area contributed by atoms with Gasteiger partial charge >= 0.3 is 0 Å². The van der Waals surface area contributed by atoms with E-state index in [2.05, 4.69) is 15.3 Å². The normalized spacial score (nSPS) is 9.70. The molecule has 0 spiro atoms. The van der Waals surface area contributed by atoms with Crippen molar-refractivity contribution in [3.05, 3.63) is 68.5 Å². The summed E-state index contributed by atoms with van der Waals surface area (Å²) in [7, 11) is 0. The molecule has 0 aliphatic heterocycles. The zero-order chi connectivity index (χ0) is 14.5. The van der Waals surface area contributed by atoms with Gasteiger partial charge in [-0.2, -0.15) is 0 Å². The molecule has 0 bridgehead atoms. The topological polar surface area (TPSA) is 77.9 Å². The van der Waals surface area contributed by atoms with Gasteiger partial charge in [-0.1, -0.05) is 40.4 Å². The van der Waals surface area contributed by atoms with Crippen molar-refractivity contribution in [3.8, 4) is 0 Å². The standard InChI is InChI=1S/C13H8Cl2N4O/c14-8-1-6-11(12(15)7-8)13(20)17-9-2-4-10(5-3-9)18-19-16/h1-7H,(H,17,20). The quantitative estimate of drug-likeness (QED) is 0.473. The monoisotopic (exact) mass is 306 g/mol. The van der Waals surface area contributed by atoms with Crippen molar-refractivity contribution in [2.45, 2.75) is 0 Å². The molecule has 2 aromatic carbocycles. The zero-order valence-corrected chi connectivity index (χ0v) is 11.6. The van der Waals surface area contributed by atoms with Gasteiger partial charge in [0.1, 0.15) is 0 Å². The molecule has 0 aliphatic rings. The van der Waals surface area contributed by atoms with Crippen LogP contribution in [0.3, 0.4) is 0 Å². The average Bonchev–Trinajstić information content (AvgIpc) is 2.41. The second kappa shape index (κ2) is 6.30. The number of anilines is 1. The van der Waals surface area contributed by atoms with E-state index in [0.29, 0.717) is 22.0 Å². The summed E-state index contributed by atoms with van der Waals surface area (Å²) in [6.45, 7) is 0. The van der Waals surface area contributed by atoms with Gasteiger partial charge in [0.25, 0.3) is 5.91 Å². The van der Waals surface area contributed by atoms with Crippen LogP contribution >= 0.6 is 23.2 Å². The molecule has 0 unspecified atom stereocenters. The number of carbonyl (C=O) groups excluding carboxylic acids is 1. The van der Waals surface area contributed by atoms with E-state index in [1.807, 2.05) is 0 Å². The van der Waals surface area contributed by atoms with E-state index in [9.17, 15) is 4.79 Å². The molecule has 0 saturated heterocycles. The van der Waals surface area contributed by atoms with E-state index in [1.165, 1.54) is 6.07 Å². The van der Waals surface area contributed by atoms with E-state index in [4.69, 9.17) is 28.7 Å². The van der Waals surface area contributed by atoms with Crippen molar-refractivity contribution in [2.75, 3.05) is 5.32 Å². The fourth-order valence-corrected chi connectivity index (χ4v) is 2.03. The first-order valence-electron chi connectivity index (χ1n) is 5.52. The highest BCUT2D eigenvalue weighted by molar-refractivity contribution is 6.37. The highest BCUT2D eigenvalue weighted by Crippen LogP contribution is 2.22. The maximum absolute atomic E-state index is 12.0. The maximum Gasteiger partial charge on any atom is 0.257 e. The Labute approximate surface area is 124 Å². The van der Waals surface area contributed by atoms with Gasteiger partial charge in [-0.3, -0.25) is 4.79 Å². The predicted molar refractivity (Wildman–Crippen MR) is 79.7 cm³/mol. The minimum Gasteiger partial charge on any atom is -0.322 e. The third-order valence-corrected chi connectivity index (χ3v) is 3.01. The summed E-state index contributed by atoms with van der Waals surface area (Å²) < 4.78 is 0. The lowest BCUT2D eigenvalue weighted by Gasteiger charge is -2.07. The molecule has 5 nitrogen and oxygen atoms in total. The van der Waals surface area contributed by atoms with Crippen LogP contribution < -0.4 is 5.32 Å². The van der Waals surface area contributed by atoms with Crippen LogP contribution in [0.1, 0.15) is 10.4 Å².